The van der Waals surface area contributed by atoms with Crippen molar-refractivity contribution in [3.63, 3.8) is 0 Å². The molecule has 1 heterocycles. The van der Waals surface area contributed by atoms with E-state index < -0.39 is 0 Å². The second-order valence-corrected chi connectivity index (χ2v) is 6.12. The first-order chi connectivity index (χ1) is 7.65. The van der Waals surface area contributed by atoms with Crippen molar-refractivity contribution in [2.24, 2.45) is 10.9 Å². The van der Waals surface area contributed by atoms with E-state index in [1.165, 1.54) is 0 Å². The highest BCUT2D eigenvalue weighted by atomic mass is 79.9. The van der Waals surface area contributed by atoms with Crippen LogP contribution in [0.15, 0.2) is 33.7 Å². The van der Waals surface area contributed by atoms with Crippen molar-refractivity contribution in [2.75, 3.05) is 11.1 Å². The van der Waals surface area contributed by atoms with E-state index in [2.05, 4.69) is 52.2 Å². The molecule has 86 valence electrons. The Hall–Kier alpha value is -0.480. The van der Waals surface area contributed by atoms with Crippen LogP contribution in [0.2, 0.25) is 0 Å². The lowest BCUT2D eigenvalue weighted by molar-refractivity contribution is 0.543. The zero-order valence-electron chi connectivity index (χ0n) is 9.40. The SMILES string of the molecule is CC(C)C1CSC(Nc2cccc(Br)c2)=N1. The van der Waals surface area contributed by atoms with E-state index >= 15 is 0 Å². The van der Waals surface area contributed by atoms with Gasteiger partial charge in [-0.05, 0) is 24.1 Å². The monoisotopic (exact) mass is 298 g/mol. The van der Waals surface area contributed by atoms with Crippen LogP contribution in [0.4, 0.5) is 5.69 Å². The molecule has 1 aromatic carbocycles. The maximum Gasteiger partial charge on any atom is 0.161 e. The number of nitrogens with zero attached hydrogens (tertiary/aromatic N) is 1. The van der Waals surface area contributed by atoms with Crippen LogP contribution < -0.4 is 5.32 Å². The molecule has 1 unspecified atom stereocenters. The van der Waals surface area contributed by atoms with Gasteiger partial charge in [0.15, 0.2) is 5.17 Å². The Morgan fingerprint density at radius 3 is 2.94 bits per heavy atom. The van der Waals surface area contributed by atoms with Crippen molar-refractivity contribution >= 4 is 38.5 Å². The Balaban J connectivity index is 2.03. The maximum atomic E-state index is 4.67. The predicted molar refractivity (Wildman–Crippen MR) is 76.3 cm³/mol. The summed E-state index contributed by atoms with van der Waals surface area (Å²) in [5.41, 5.74) is 1.09. The van der Waals surface area contributed by atoms with Crippen LogP contribution in [-0.4, -0.2) is 17.0 Å². The molecule has 0 saturated carbocycles. The van der Waals surface area contributed by atoms with Gasteiger partial charge in [0.05, 0.1) is 6.04 Å². The molecular formula is C12H15BrN2S. The smallest absolute Gasteiger partial charge is 0.161 e. The van der Waals surface area contributed by atoms with Gasteiger partial charge in [-0.15, -0.1) is 0 Å². The molecular weight excluding hydrogens is 284 g/mol. The number of halogens is 1. The molecule has 0 fully saturated rings. The highest BCUT2D eigenvalue weighted by molar-refractivity contribution is 9.10. The first-order valence-electron chi connectivity index (χ1n) is 5.38. The van der Waals surface area contributed by atoms with E-state index in [-0.39, 0.29) is 0 Å². The molecule has 0 bridgehead atoms. The molecule has 0 spiro atoms. The topological polar surface area (TPSA) is 24.4 Å². The van der Waals surface area contributed by atoms with E-state index in [0.29, 0.717) is 12.0 Å². The van der Waals surface area contributed by atoms with Crippen LogP contribution in [0, 0.1) is 5.92 Å². The molecule has 1 N–H and O–H groups in total. The molecule has 2 nitrogen and oxygen atoms in total. The Morgan fingerprint density at radius 2 is 2.31 bits per heavy atom. The van der Waals surface area contributed by atoms with Gasteiger partial charge in [0.1, 0.15) is 0 Å². The maximum absolute atomic E-state index is 4.67. The van der Waals surface area contributed by atoms with E-state index in [4.69, 9.17) is 0 Å². The highest BCUT2D eigenvalue weighted by Gasteiger charge is 2.20. The second-order valence-electron chi connectivity index (χ2n) is 4.19. The van der Waals surface area contributed by atoms with Crippen molar-refractivity contribution in [3.05, 3.63) is 28.7 Å². The third kappa shape index (κ3) is 3.01. The number of anilines is 1. The Labute approximate surface area is 109 Å². The average molecular weight is 299 g/mol. The third-order valence-corrected chi connectivity index (χ3v) is 4.00. The Kier molecular flexibility index (Phi) is 3.92. The van der Waals surface area contributed by atoms with Crippen molar-refractivity contribution < 1.29 is 0 Å². The number of hydrogen-bond acceptors (Lipinski definition) is 3. The van der Waals surface area contributed by atoms with Crippen LogP contribution in [-0.2, 0) is 0 Å². The van der Waals surface area contributed by atoms with Crippen LogP contribution in [0.3, 0.4) is 0 Å². The number of benzene rings is 1. The molecule has 2 rings (SSSR count). The van der Waals surface area contributed by atoms with Crippen molar-refractivity contribution in [1.82, 2.24) is 0 Å². The van der Waals surface area contributed by atoms with Crippen molar-refractivity contribution in [1.29, 1.82) is 0 Å². The van der Waals surface area contributed by atoms with Crippen LogP contribution in [0.25, 0.3) is 0 Å². The molecule has 0 aromatic heterocycles. The minimum absolute atomic E-state index is 0.458. The molecule has 0 radical (unpaired) electrons. The van der Waals surface area contributed by atoms with Gasteiger partial charge in [-0.3, -0.25) is 4.99 Å². The fourth-order valence-corrected chi connectivity index (χ4v) is 3.08. The summed E-state index contributed by atoms with van der Waals surface area (Å²) in [7, 11) is 0. The highest BCUT2D eigenvalue weighted by Crippen LogP contribution is 2.25. The molecule has 1 aromatic rings. The number of nitrogens with one attached hydrogen (secondary N) is 1. The summed E-state index contributed by atoms with van der Waals surface area (Å²) in [6.45, 7) is 4.44. The molecule has 0 saturated heterocycles. The van der Waals surface area contributed by atoms with Crippen LogP contribution in [0.1, 0.15) is 13.8 Å². The van der Waals surface area contributed by atoms with Gasteiger partial charge >= 0.3 is 0 Å². The lowest BCUT2D eigenvalue weighted by atomic mass is 10.1. The van der Waals surface area contributed by atoms with E-state index in [1.54, 1.807) is 11.8 Å². The molecule has 4 heteroatoms. The van der Waals surface area contributed by atoms with Gasteiger partial charge in [0.25, 0.3) is 0 Å². The number of thioether (sulfide) groups is 1. The van der Waals surface area contributed by atoms with E-state index in [1.807, 2.05) is 12.1 Å². The van der Waals surface area contributed by atoms with Gasteiger partial charge in [0, 0.05) is 15.9 Å². The third-order valence-electron chi connectivity index (χ3n) is 2.52. The minimum Gasteiger partial charge on any atom is -0.335 e. The fraction of sp³-hybridized carbons (Fsp3) is 0.417. The first kappa shape index (κ1) is 12.0. The van der Waals surface area contributed by atoms with Crippen molar-refractivity contribution in [2.45, 2.75) is 19.9 Å². The summed E-state index contributed by atoms with van der Waals surface area (Å²) < 4.78 is 1.08. The summed E-state index contributed by atoms with van der Waals surface area (Å²) in [4.78, 5) is 4.67. The van der Waals surface area contributed by atoms with Gasteiger partial charge in [-0.25, -0.2) is 0 Å². The zero-order valence-corrected chi connectivity index (χ0v) is 11.8. The summed E-state index contributed by atoms with van der Waals surface area (Å²) in [5, 5.41) is 4.39. The summed E-state index contributed by atoms with van der Waals surface area (Å²) in [6.07, 6.45) is 0. The van der Waals surface area contributed by atoms with Gasteiger partial charge < -0.3 is 5.32 Å². The van der Waals surface area contributed by atoms with E-state index in [9.17, 15) is 0 Å². The first-order valence-corrected chi connectivity index (χ1v) is 7.16. The standard InChI is InChI=1S/C12H15BrN2S/c1-8(2)11-7-16-12(15-11)14-10-5-3-4-9(13)6-10/h3-6,8,11H,7H2,1-2H3,(H,14,15). The number of amidine groups is 1. The Morgan fingerprint density at radius 1 is 1.50 bits per heavy atom. The lowest BCUT2D eigenvalue weighted by Gasteiger charge is -2.08. The second kappa shape index (κ2) is 5.23. The zero-order chi connectivity index (χ0) is 11.5. The molecule has 1 aliphatic heterocycles. The quantitative estimate of drug-likeness (QED) is 0.893. The fourth-order valence-electron chi connectivity index (χ4n) is 1.49. The number of aliphatic imine (C=N–C) groups is 1. The average Bonchev–Trinajstić information content (AvgIpc) is 2.66. The largest absolute Gasteiger partial charge is 0.335 e. The molecule has 0 amide bonds. The molecule has 1 atom stereocenters. The van der Waals surface area contributed by atoms with Gasteiger partial charge in [-0.2, -0.15) is 0 Å². The summed E-state index contributed by atoms with van der Waals surface area (Å²) in [5.74, 6) is 1.71. The van der Waals surface area contributed by atoms with Crippen molar-refractivity contribution in [3.8, 4) is 0 Å². The normalized spacial score (nSPS) is 20.0. The minimum atomic E-state index is 0.458. The van der Waals surface area contributed by atoms with Gasteiger partial charge in [-0.1, -0.05) is 47.6 Å². The van der Waals surface area contributed by atoms with Gasteiger partial charge in [0.2, 0.25) is 0 Å². The molecule has 1 aliphatic rings. The molecule has 16 heavy (non-hydrogen) atoms. The van der Waals surface area contributed by atoms with Crippen LogP contribution in [0.5, 0.6) is 0 Å². The predicted octanol–water partition coefficient (Wildman–Crippen LogP) is 3.99. The number of rotatable bonds is 2. The Bertz CT molecular complexity index is 404. The number of hydrogen-bond donors (Lipinski definition) is 1. The summed E-state index contributed by atoms with van der Waals surface area (Å²) in [6, 6.07) is 8.61. The lowest BCUT2D eigenvalue weighted by Crippen LogP contribution is -2.12. The van der Waals surface area contributed by atoms with E-state index in [0.717, 1.165) is 21.1 Å². The summed E-state index contributed by atoms with van der Waals surface area (Å²) >= 11 is 5.26. The van der Waals surface area contributed by atoms with Crippen LogP contribution >= 0.6 is 27.7 Å². The molecule has 0 aliphatic carbocycles.